The average Bonchev–Trinajstić information content (AvgIpc) is 3.60. The molecule has 2 amide bonds. The zero-order chi connectivity index (χ0) is 28.8. The van der Waals surface area contributed by atoms with Crippen molar-refractivity contribution in [2.24, 2.45) is 5.73 Å². The van der Waals surface area contributed by atoms with E-state index in [0.29, 0.717) is 30.6 Å². The number of fused-ring (bicyclic) bond motifs is 1. The van der Waals surface area contributed by atoms with Crippen LogP contribution in [-0.2, 0) is 27.2 Å². The van der Waals surface area contributed by atoms with Crippen LogP contribution in [0.2, 0.25) is 0 Å². The third-order valence-electron chi connectivity index (χ3n) is 7.27. The van der Waals surface area contributed by atoms with Crippen LogP contribution < -0.4 is 16.4 Å². The molecule has 0 bridgehead atoms. The Balaban J connectivity index is 1.56. The number of H-pyrrole nitrogens is 1. The number of nitrogens with one attached hydrogen (secondary N) is 3. The van der Waals surface area contributed by atoms with E-state index in [4.69, 9.17) is 5.73 Å². The van der Waals surface area contributed by atoms with Crippen LogP contribution in [0.1, 0.15) is 24.0 Å². The summed E-state index contributed by atoms with van der Waals surface area (Å²) in [4.78, 5) is 44.0. The number of phenolic OH excluding ortho intramolecular Hbond substituents is 1. The second-order valence-corrected chi connectivity index (χ2v) is 10.0. The van der Waals surface area contributed by atoms with Crippen LogP contribution in [0.4, 0.5) is 0 Å². The van der Waals surface area contributed by atoms with Gasteiger partial charge in [0.2, 0.25) is 11.8 Å². The second kappa shape index (κ2) is 12.7. The fraction of sp³-hybridized carbons (Fsp3) is 0.345. The predicted molar refractivity (Wildman–Crippen MR) is 149 cm³/mol. The first-order valence-corrected chi connectivity index (χ1v) is 13.2. The molecule has 11 heteroatoms. The van der Waals surface area contributed by atoms with Crippen LogP contribution >= 0.6 is 0 Å². The maximum atomic E-state index is 13.6. The molecule has 1 saturated heterocycles. The summed E-state index contributed by atoms with van der Waals surface area (Å²) in [5, 5.41) is 35.1. The summed E-state index contributed by atoms with van der Waals surface area (Å²) in [5.74, 6) is -2.23. The number of nitrogens with zero attached hydrogens (tertiary/aromatic N) is 1. The molecule has 1 aliphatic heterocycles. The van der Waals surface area contributed by atoms with Crippen molar-refractivity contribution in [3.63, 3.8) is 0 Å². The van der Waals surface area contributed by atoms with E-state index in [1.807, 2.05) is 24.3 Å². The first-order valence-electron chi connectivity index (χ1n) is 13.2. The van der Waals surface area contributed by atoms with Gasteiger partial charge in [0.15, 0.2) is 0 Å². The van der Waals surface area contributed by atoms with Crippen molar-refractivity contribution >= 4 is 28.7 Å². The number of carboxylic acid groups (broad SMARTS) is 1. The summed E-state index contributed by atoms with van der Waals surface area (Å²) in [6.45, 7) is 4.18. The molecule has 0 radical (unpaired) electrons. The normalized spacial score (nSPS) is 17.2. The maximum absolute atomic E-state index is 13.6. The molecule has 4 atom stereocenters. The van der Waals surface area contributed by atoms with Crippen molar-refractivity contribution in [1.29, 1.82) is 0 Å². The number of carbonyl (C=O) groups is 3. The third-order valence-corrected chi connectivity index (χ3v) is 7.27. The zero-order valence-corrected chi connectivity index (χ0v) is 22.0. The molecule has 40 heavy (non-hydrogen) atoms. The molecule has 1 fully saturated rings. The number of likely N-dealkylation sites (tertiary alicyclic amines) is 1. The minimum Gasteiger partial charge on any atom is -0.508 e. The Labute approximate surface area is 231 Å². The monoisotopic (exact) mass is 549 g/mol. The molecule has 1 aliphatic rings. The Morgan fingerprint density at radius 2 is 1.80 bits per heavy atom. The van der Waals surface area contributed by atoms with Crippen molar-refractivity contribution in [3.8, 4) is 5.75 Å². The van der Waals surface area contributed by atoms with Gasteiger partial charge in [-0.3, -0.25) is 9.59 Å². The number of carbonyl (C=O) groups excluding carboxylic acids is 2. The van der Waals surface area contributed by atoms with Crippen LogP contribution in [0.25, 0.3) is 10.9 Å². The lowest BCUT2D eigenvalue weighted by molar-refractivity contribution is -0.142. The van der Waals surface area contributed by atoms with Gasteiger partial charge in [0, 0.05) is 42.2 Å². The molecule has 4 rings (SSSR count). The summed E-state index contributed by atoms with van der Waals surface area (Å²) in [5.41, 5.74) is 8.66. The molecule has 0 unspecified atom stereocenters. The number of aliphatic hydroxyl groups is 1. The standard InChI is InChI=1S/C29H35N5O6/c1-17(22(30)16-35)34-12-4-7-26(34)28(38)32-24(14-19-15-31-23-6-3-2-5-21(19)23)27(37)33-25(29(39)40)13-18-8-10-20(36)11-9-18/h2-3,5-6,8-11,15,22,24-26,31,35-36H,1,4,7,12-14,16,30H2,(H,32,38)(H,33,37)(H,39,40)/t22-,24-,25-,26-/m0/s1. The van der Waals surface area contributed by atoms with Gasteiger partial charge in [-0.1, -0.05) is 36.9 Å². The van der Waals surface area contributed by atoms with E-state index >= 15 is 0 Å². The van der Waals surface area contributed by atoms with E-state index in [1.54, 1.807) is 23.2 Å². The lowest BCUT2D eigenvalue weighted by Crippen LogP contribution is -2.56. The van der Waals surface area contributed by atoms with E-state index in [2.05, 4.69) is 22.2 Å². The van der Waals surface area contributed by atoms with E-state index in [1.165, 1.54) is 12.1 Å². The van der Waals surface area contributed by atoms with Crippen molar-refractivity contribution in [3.05, 3.63) is 78.1 Å². The molecule has 212 valence electrons. The minimum atomic E-state index is -1.26. The van der Waals surface area contributed by atoms with Gasteiger partial charge in [0.25, 0.3) is 0 Å². The van der Waals surface area contributed by atoms with Crippen LogP contribution in [-0.4, -0.2) is 80.3 Å². The van der Waals surface area contributed by atoms with Crippen molar-refractivity contribution in [2.75, 3.05) is 13.2 Å². The SMILES string of the molecule is C=C([C@@H](N)CO)N1CCC[C@H]1C(=O)N[C@@H](Cc1c[nH]c2ccccc12)C(=O)N[C@@H](Cc1ccc(O)cc1)C(=O)O. The fourth-order valence-electron chi connectivity index (χ4n) is 5.04. The number of aliphatic hydroxyl groups excluding tert-OH is 1. The zero-order valence-electron chi connectivity index (χ0n) is 22.0. The Morgan fingerprint density at radius 3 is 2.50 bits per heavy atom. The number of nitrogens with two attached hydrogens (primary N) is 1. The second-order valence-electron chi connectivity index (χ2n) is 10.0. The van der Waals surface area contributed by atoms with E-state index < -0.39 is 42.0 Å². The quantitative estimate of drug-likeness (QED) is 0.175. The van der Waals surface area contributed by atoms with Crippen molar-refractivity contribution in [2.45, 2.75) is 49.9 Å². The molecule has 0 aliphatic carbocycles. The lowest BCUT2D eigenvalue weighted by Gasteiger charge is -2.31. The first-order chi connectivity index (χ1) is 19.2. The first kappa shape index (κ1) is 28.7. The third kappa shape index (κ3) is 6.61. The molecule has 8 N–H and O–H groups in total. The number of aromatic amines is 1. The molecule has 0 saturated carbocycles. The van der Waals surface area contributed by atoms with Crippen molar-refractivity contribution < 1.29 is 29.7 Å². The number of benzene rings is 2. The average molecular weight is 550 g/mol. The summed E-state index contributed by atoms with van der Waals surface area (Å²) in [7, 11) is 0. The smallest absolute Gasteiger partial charge is 0.326 e. The number of aliphatic carboxylic acids is 1. The minimum absolute atomic E-state index is 0.00954. The van der Waals surface area contributed by atoms with Crippen LogP contribution in [0.3, 0.4) is 0 Å². The molecular weight excluding hydrogens is 514 g/mol. The Morgan fingerprint density at radius 1 is 1.07 bits per heavy atom. The number of hydrogen-bond donors (Lipinski definition) is 7. The van der Waals surface area contributed by atoms with E-state index in [9.17, 15) is 29.7 Å². The van der Waals surface area contributed by atoms with Crippen LogP contribution in [0, 0.1) is 0 Å². The highest BCUT2D eigenvalue weighted by Crippen LogP contribution is 2.24. The number of aromatic hydroxyl groups is 1. The van der Waals surface area contributed by atoms with Gasteiger partial charge in [0.05, 0.1) is 12.6 Å². The number of rotatable bonds is 12. The highest BCUT2D eigenvalue weighted by molar-refractivity contribution is 5.93. The molecule has 1 aromatic heterocycles. The van der Waals surface area contributed by atoms with E-state index in [-0.39, 0.29) is 25.2 Å². The van der Waals surface area contributed by atoms with Gasteiger partial charge in [0.1, 0.15) is 23.9 Å². The molecule has 3 aromatic rings. The highest BCUT2D eigenvalue weighted by Gasteiger charge is 2.36. The van der Waals surface area contributed by atoms with Crippen molar-refractivity contribution in [1.82, 2.24) is 20.5 Å². The van der Waals surface area contributed by atoms with Crippen LogP contribution in [0.15, 0.2) is 67.0 Å². The Hall–Kier alpha value is -4.35. The number of phenols is 1. The number of aromatic nitrogens is 1. The largest absolute Gasteiger partial charge is 0.508 e. The molecular formula is C29H35N5O6. The van der Waals surface area contributed by atoms with E-state index in [0.717, 1.165) is 16.5 Å². The predicted octanol–water partition coefficient (Wildman–Crippen LogP) is 1.01. The summed E-state index contributed by atoms with van der Waals surface area (Å²) >= 11 is 0. The van der Waals surface area contributed by atoms with Gasteiger partial charge < -0.3 is 41.6 Å². The van der Waals surface area contributed by atoms with Gasteiger partial charge >= 0.3 is 5.97 Å². The highest BCUT2D eigenvalue weighted by atomic mass is 16.4. The van der Waals surface area contributed by atoms with Gasteiger partial charge in [-0.15, -0.1) is 0 Å². The number of amides is 2. The topological polar surface area (TPSA) is 181 Å². The van der Waals surface area contributed by atoms with Gasteiger partial charge in [-0.25, -0.2) is 4.79 Å². The maximum Gasteiger partial charge on any atom is 0.326 e. The summed E-state index contributed by atoms with van der Waals surface area (Å²) in [6.07, 6.45) is 3.11. The summed E-state index contributed by atoms with van der Waals surface area (Å²) in [6, 6.07) is 9.94. The molecule has 0 spiro atoms. The fourth-order valence-corrected chi connectivity index (χ4v) is 5.04. The number of para-hydroxylation sites is 1. The van der Waals surface area contributed by atoms with Gasteiger partial charge in [-0.2, -0.15) is 0 Å². The number of hydrogen-bond acceptors (Lipinski definition) is 7. The van der Waals surface area contributed by atoms with Gasteiger partial charge in [-0.05, 0) is 42.2 Å². The summed E-state index contributed by atoms with van der Waals surface area (Å²) < 4.78 is 0. The molecule has 11 nitrogen and oxygen atoms in total. The lowest BCUT2D eigenvalue weighted by atomic mass is 10.0. The molecule has 2 heterocycles. The molecule has 2 aromatic carbocycles. The Bertz CT molecular complexity index is 1370. The Kier molecular flexibility index (Phi) is 9.08. The number of carboxylic acids is 1. The van der Waals surface area contributed by atoms with Crippen LogP contribution in [0.5, 0.6) is 5.75 Å².